The Bertz CT molecular complexity index is 1560. The normalized spacial score (nSPS) is 14.4. The molecule has 0 saturated carbocycles. The van der Waals surface area contributed by atoms with E-state index in [1.54, 1.807) is 23.0 Å². The summed E-state index contributed by atoms with van der Waals surface area (Å²) in [5.74, 6) is -0.142. The molecule has 216 valence electrons. The Hall–Kier alpha value is -4.49. The molecule has 0 atom stereocenters. The second kappa shape index (κ2) is 13.0. The molecule has 1 fully saturated rings. The fourth-order valence-corrected chi connectivity index (χ4v) is 5.56. The number of rotatable bonds is 9. The Labute approximate surface area is 246 Å². The van der Waals surface area contributed by atoms with Gasteiger partial charge in [-0.25, -0.2) is 0 Å². The van der Waals surface area contributed by atoms with E-state index in [9.17, 15) is 19.5 Å². The summed E-state index contributed by atoms with van der Waals surface area (Å²) in [4.78, 5) is 43.3. The lowest BCUT2D eigenvalue weighted by Gasteiger charge is -2.38. The molecule has 42 heavy (non-hydrogen) atoms. The van der Waals surface area contributed by atoms with Crippen molar-refractivity contribution < 1.29 is 14.7 Å². The highest BCUT2D eigenvalue weighted by atomic mass is 16.3. The van der Waals surface area contributed by atoms with Crippen molar-refractivity contribution in [3.8, 4) is 11.1 Å². The molecule has 0 spiro atoms. The van der Waals surface area contributed by atoms with E-state index in [4.69, 9.17) is 0 Å². The first kappa shape index (κ1) is 29.0. The molecule has 0 bridgehead atoms. The standard InChI is InChI=1S/C35H37N3O4/c1-36(24-28-13-7-3-8-14-28)34(41)31-25-38(33(40)23-30(31)29-15-9-4-10-16-29)26-35(42)19-21-37(22-20-35)32(39)18-17-27-11-5-2-6-12-27/h2-16,23,25,42H,17-22,24,26H2,1H3. The first-order chi connectivity index (χ1) is 20.3. The highest BCUT2D eigenvalue weighted by Gasteiger charge is 2.35. The van der Waals surface area contributed by atoms with Gasteiger partial charge in [0.05, 0.1) is 17.7 Å². The molecule has 1 N–H and O–H groups in total. The molecule has 7 nitrogen and oxygen atoms in total. The van der Waals surface area contributed by atoms with E-state index < -0.39 is 5.60 Å². The van der Waals surface area contributed by atoms with Gasteiger partial charge in [-0.3, -0.25) is 14.4 Å². The number of aliphatic hydroxyl groups is 1. The number of carbonyl (C=O) groups is 2. The monoisotopic (exact) mass is 563 g/mol. The van der Waals surface area contributed by atoms with Crippen LogP contribution in [0.25, 0.3) is 11.1 Å². The third kappa shape index (κ3) is 7.04. The first-order valence-electron chi connectivity index (χ1n) is 14.4. The Morgan fingerprint density at radius 1 is 0.857 bits per heavy atom. The molecule has 7 heteroatoms. The molecule has 1 aliphatic heterocycles. The molecule has 3 aromatic carbocycles. The summed E-state index contributed by atoms with van der Waals surface area (Å²) >= 11 is 0. The minimum Gasteiger partial charge on any atom is -0.388 e. The maximum atomic E-state index is 13.8. The van der Waals surface area contributed by atoms with Crippen molar-refractivity contribution >= 4 is 11.8 Å². The highest BCUT2D eigenvalue weighted by molar-refractivity contribution is 6.00. The van der Waals surface area contributed by atoms with Crippen LogP contribution < -0.4 is 5.56 Å². The molecule has 2 amide bonds. The Kier molecular flexibility index (Phi) is 8.98. The third-order valence-electron chi connectivity index (χ3n) is 8.03. The number of nitrogens with zero attached hydrogens (tertiary/aromatic N) is 3. The van der Waals surface area contributed by atoms with Crippen LogP contribution in [0.5, 0.6) is 0 Å². The molecule has 0 radical (unpaired) electrons. The molecule has 1 aromatic heterocycles. The lowest BCUT2D eigenvalue weighted by atomic mass is 9.90. The maximum Gasteiger partial charge on any atom is 0.256 e. The van der Waals surface area contributed by atoms with E-state index in [2.05, 4.69) is 0 Å². The summed E-state index contributed by atoms with van der Waals surface area (Å²) in [6, 6.07) is 30.6. The van der Waals surface area contributed by atoms with Crippen LogP contribution in [0.1, 0.15) is 40.7 Å². The van der Waals surface area contributed by atoms with E-state index in [-0.39, 0.29) is 23.9 Å². The number of hydrogen-bond acceptors (Lipinski definition) is 4. The van der Waals surface area contributed by atoms with Crippen molar-refractivity contribution in [2.75, 3.05) is 20.1 Å². The molecule has 1 aliphatic rings. The van der Waals surface area contributed by atoms with Crippen molar-refractivity contribution in [2.24, 2.45) is 0 Å². The van der Waals surface area contributed by atoms with E-state index in [0.717, 1.165) is 16.7 Å². The van der Waals surface area contributed by atoms with Gasteiger partial charge in [-0.15, -0.1) is 0 Å². The van der Waals surface area contributed by atoms with Gasteiger partial charge in [0.25, 0.3) is 11.5 Å². The van der Waals surface area contributed by atoms with Gasteiger partial charge < -0.3 is 19.5 Å². The molecule has 0 aliphatic carbocycles. The van der Waals surface area contributed by atoms with E-state index in [1.807, 2.05) is 91.0 Å². The van der Waals surface area contributed by atoms with E-state index in [1.165, 1.54) is 10.6 Å². The number of piperidine rings is 1. The van der Waals surface area contributed by atoms with Crippen molar-refractivity contribution in [3.63, 3.8) is 0 Å². The van der Waals surface area contributed by atoms with Crippen molar-refractivity contribution in [3.05, 3.63) is 130 Å². The Morgan fingerprint density at radius 2 is 1.43 bits per heavy atom. The largest absolute Gasteiger partial charge is 0.388 e. The first-order valence-corrected chi connectivity index (χ1v) is 14.4. The fourth-order valence-electron chi connectivity index (χ4n) is 5.56. The number of hydrogen-bond donors (Lipinski definition) is 1. The molecule has 5 rings (SSSR count). The summed E-state index contributed by atoms with van der Waals surface area (Å²) in [5, 5.41) is 11.5. The molecular formula is C35H37N3O4. The maximum absolute atomic E-state index is 13.8. The summed E-state index contributed by atoms with van der Waals surface area (Å²) in [5.41, 5.74) is 2.42. The number of aromatic nitrogens is 1. The number of amides is 2. The number of pyridine rings is 1. The van der Waals surface area contributed by atoms with Gasteiger partial charge in [0.1, 0.15) is 0 Å². The van der Waals surface area contributed by atoms with Gasteiger partial charge in [0.15, 0.2) is 0 Å². The Balaban J connectivity index is 1.32. The van der Waals surface area contributed by atoms with Crippen molar-refractivity contribution in [1.82, 2.24) is 14.4 Å². The lowest BCUT2D eigenvalue weighted by molar-refractivity contribution is -0.135. The summed E-state index contributed by atoms with van der Waals surface area (Å²) in [6.07, 6.45) is 3.40. The Morgan fingerprint density at radius 3 is 2.05 bits per heavy atom. The fraction of sp³-hybridized carbons (Fsp3) is 0.286. The third-order valence-corrected chi connectivity index (χ3v) is 8.03. The van der Waals surface area contributed by atoms with Crippen LogP contribution in [-0.2, 0) is 24.3 Å². The number of benzene rings is 3. The van der Waals surface area contributed by atoms with Gasteiger partial charge in [-0.05, 0) is 36.0 Å². The smallest absolute Gasteiger partial charge is 0.256 e. The topological polar surface area (TPSA) is 82.8 Å². The van der Waals surface area contributed by atoms with Crippen LogP contribution in [0.4, 0.5) is 0 Å². The molecule has 0 unspecified atom stereocenters. The van der Waals surface area contributed by atoms with Crippen LogP contribution in [0.3, 0.4) is 0 Å². The van der Waals surface area contributed by atoms with Gasteiger partial charge in [-0.2, -0.15) is 0 Å². The minimum absolute atomic E-state index is 0.0512. The van der Waals surface area contributed by atoms with Crippen molar-refractivity contribution in [2.45, 2.75) is 44.4 Å². The molecule has 4 aromatic rings. The van der Waals surface area contributed by atoms with E-state index >= 15 is 0 Å². The zero-order chi connectivity index (χ0) is 29.5. The summed E-state index contributed by atoms with van der Waals surface area (Å²) in [7, 11) is 1.75. The SMILES string of the molecule is CN(Cc1ccccc1)C(=O)c1cn(CC2(O)CCN(C(=O)CCc3ccccc3)CC2)c(=O)cc1-c1ccccc1. The minimum atomic E-state index is -1.16. The average molecular weight is 564 g/mol. The van der Waals surface area contributed by atoms with Crippen molar-refractivity contribution in [1.29, 1.82) is 0 Å². The van der Waals surface area contributed by atoms with Gasteiger partial charge in [0.2, 0.25) is 5.91 Å². The second-order valence-corrected chi connectivity index (χ2v) is 11.2. The highest BCUT2D eigenvalue weighted by Crippen LogP contribution is 2.27. The van der Waals surface area contributed by atoms with Crippen LogP contribution in [0.2, 0.25) is 0 Å². The van der Waals surface area contributed by atoms with Gasteiger partial charge in [-0.1, -0.05) is 91.0 Å². The number of aryl methyl sites for hydroxylation is 1. The predicted molar refractivity (Wildman–Crippen MR) is 164 cm³/mol. The zero-order valence-corrected chi connectivity index (χ0v) is 24.0. The quantitative estimate of drug-likeness (QED) is 0.318. The van der Waals surface area contributed by atoms with Crippen LogP contribution in [0, 0.1) is 0 Å². The predicted octanol–water partition coefficient (Wildman–Crippen LogP) is 4.77. The zero-order valence-electron chi connectivity index (χ0n) is 24.0. The molecular weight excluding hydrogens is 526 g/mol. The summed E-state index contributed by atoms with van der Waals surface area (Å²) in [6.45, 7) is 1.32. The summed E-state index contributed by atoms with van der Waals surface area (Å²) < 4.78 is 1.45. The molecule has 1 saturated heterocycles. The molecule has 2 heterocycles. The van der Waals surface area contributed by atoms with Gasteiger partial charge >= 0.3 is 0 Å². The van der Waals surface area contributed by atoms with E-state index in [0.29, 0.717) is 56.4 Å². The van der Waals surface area contributed by atoms with Crippen LogP contribution in [-0.4, -0.2) is 57.0 Å². The average Bonchev–Trinajstić information content (AvgIpc) is 3.02. The number of carbonyl (C=O) groups excluding carboxylic acids is 2. The van der Waals surface area contributed by atoms with Crippen LogP contribution in [0.15, 0.2) is 108 Å². The van der Waals surface area contributed by atoms with Crippen LogP contribution >= 0.6 is 0 Å². The second-order valence-electron chi connectivity index (χ2n) is 11.2. The van der Waals surface area contributed by atoms with Gasteiger partial charge in [0, 0.05) is 50.9 Å². The number of likely N-dealkylation sites (tertiary alicyclic amines) is 1. The lowest BCUT2D eigenvalue weighted by Crippen LogP contribution is -2.49.